The molecule has 0 spiro atoms. The minimum atomic E-state index is -4.47. The number of hydrogen-bond acceptors (Lipinski definition) is 6. The average molecular weight is 375 g/mol. The number of nitrogens with zero attached hydrogens (tertiary/aromatic N) is 7. The lowest BCUT2D eigenvalue weighted by molar-refractivity contribution is -0.137. The summed E-state index contributed by atoms with van der Waals surface area (Å²) in [5.41, 5.74) is 0.192. The molecule has 27 heavy (non-hydrogen) atoms. The molecule has 0 aliphatic carbocycles. The first-order valence-corrected chi connectivity index (χ1v) is 7.71. The summed E-state index contributed by atoms with van der Waals surface area (Å²) in [4.78, 5) is 4.34. The van der Waals surface area contributed by atoms with E-state index in [0.29, 0.717) is 28.7 Å². The minimum absolute atomic E-state index is 0.156. The molecule has 3 heterocycles. The predicted molar refractivity (Wildman–Crippen MR) is 88.2 cm³/mol. The highest BCUT2D eigenvalue weighted by molar-refractivity contribution is 5.82. The molecule has 138 valence electrons. The molecule has 0 unspecified atom stereocenters. The van der Waals surface area contributed by atoms with Crippen LogP contribution in [0.5, 0.6) is 5.88 Å². The zero-order valence-corrected chi connectivity index (χ0v) is 14.1. The summed E-state index contributed by atoms with van der Waals surface area (Å²) < 4.78 is 47.2. The molecule has 4 aromatic rings. The van der Waals surface area contributed by atoms with Gasteiger partial charge in [0.15, 0.2) is 11.6 Å². The number of methoxy groups -OCH3 is 1. The van der Waals surface area contributed by atoms with E-state index in [1.807, 2.05) is 0 Å². The van der Waals surface area contributed by atoms with E-state index in [2.05, 4.69) is 25.5 Å². The monoisotopic (exact) mass is 375 g/mol. The lowest BCUT2D eigenvalue weighted by atomic mass is 10.2. The Bertz CT molecular complexity index is 1120. The molecule has 11 heteroatoms. The summed E-state index contributed by atoms with van der Waals surface area (Å²) in [5.74, 6) is 0.971. The van der Waals surface area contributed by atoms with Crippen LogP contribution in [0.15, 0.2) is 36.5 Å². The van der Waals surface area contributed by atoms with E-state index < -0.39 is 11.7 Å². The van der Waals surface area contributed by atoms with Crippen molar-refractivity contribution in [3.8, 4) is 23.2 Å². The Balaban J connectivity index is 1.98. The fourth-order valence-electron chi connectivity index (χ4n) is 2.65. The van der Waals surface area contributed by atoms with Gasteiger partial charge in [0.05, 0.1) is 29.9 Å². The number of fused-ring (bicyclic) bond motifs is 1. The van der Waals surface area contributed by atoms with Gasteiger partial charge in [-0.1, -0.05) is 5.21 Å². The van der Waals surface area contributed by atoms with Crippen LogP contribution in [0.25, 0.3) is 28.4 Å². The van der Waals surface area contributed by atoms with Crippen molar-refractivity contribution in [2.75, 3.05) is 7.11 Å². The van der Waals surface area contributed by atoms with Crippen LogP contribution in [-0.2, 0) is 13.2 Å². The molecule has 0 fully saturated rings. The molecule has 8 nitrogen and oxygen atoms in total. The van der Waals surface area contributed by atoms with Crippen LogP contribution in [-0.4, -0.2) is 41.9 Å². The Labute approximate surface area is 150 Å². The van der Waals surface area contributed by atoms with Gasteiger partial charge in [0.1, 0.15) is 5.69 Å². The molecule has 4 rings (SSSR count). The van der Waals surface area contributed by atoms with Crippen molar-refractivity contribution in [3.63, 3.8) is 0 Å². The van der Waals surface area contributed by atoms with Crippen LogP contribution in [0.2, 0.25) is 0 Å². The highest BCUT2D eigenvalue weighted by Gasteiger charge is 2.31. The molecular formula is C16H12F3N7O. The van der Waals surface area contributed by atoms with Gasteiger partial charge in [-0.25, -0.2) is 4.98 Å². The molecule has 0 amide bonds. The van der Waals surface area contributed by atoms with Gasteiger partial charge in [-0.3, -0.25) is 9.25 Å². The van der Waals surface area contributed by atoms with Crippen LogP contribution in [0.4, 0.5) is 13.2 Å². The predicted octanol–water partition coefficient (Wildman–Crippen LogP) is 2.64. The summed E-state index contributed by atoms with van der Waals surface area (Å²) in [6.45, 7) is 0. The van der Waals surface area contributed by atoms with Crippen LogP contribution >= 0.6 is 0 Å². The van der Waals surface area contributed by atoms with E-state index in [-0.39, 0.29) is 5.52 Å². The van der Waals surface area contributed by atoms with Crippen molar-refractivity contribution in [3.05, 3.63) is 42.1 Å². The lowest BCUT2D eigenvalue weighted by Crippen LogP contribution is -2.05. The summed E-state index contributed by atoms with van der Waals surface area (Å²) in [6, 6.07) is 6.56. The number of aromatic nitrogens is 7. The summed E-state index contributed by atoms with van der Waals surface area (Å²) in [6.07, 6.45) is -2.86. The van der Waals surface area contributed by atoms with Gasteiger partial charge in [0.25, 0.3) is 0 Å². The SMILES string of the molecule is COc1ccc(-n2c(-c3cn(C)nn3)nc3cc(C(F)(F)F)ccc32)nn1. The maximum atomic E-state index is 13.1. The lowest BCUT2D eigenvalue weighted by Gasteiger charge is -2.08. The standard InChI is InChI=1S/C16H12F3N7O/c1-25-8-11(21-24-25)15-20-10-7-9(16(17,18)19)3-4-12(10)26(15)13-5-6-14(27-2)23-22-13/h3-8H,1-2H3. The van der Waals surface area contributed by atoms with E-state index in [0.717, 1.165) is 12.1 Å². The van der Waals surface area contributed by atoms with Gasteiger partial charge in [-0.15, -0.1) is 15.3 Å². The number of aryl methyl sites for hydroxylation is 1. The number of halogens is 3. The summed E-state index contributed by atoms with van der Waals surface area (Å²) in [7, 11) is 3.14. The van der Waals surface area contributed by atoms with Crippen molar-refractivity contribution in [2.45, 2.75) is 6.18 Å². The second-order valence-corrected chi connectivity index (χ2v) is 5.68. The minimum Gasteiger partial charge on any atom is -0.480 e. The topological polar surface area (TPSA) is 83.5 Å². The van der Waals surface area contributed by atoms with Crippen molar-refractivity contribution < 1.29 is 17.9 Å². The Hall–Kier alpha value is -3.50. The number of imidazole rings is 1. The van der Waals surface area contributed by atoms with E-state index in [1.54, 1.807) is 29.9 Å². The fourth-order valence-corrected chi connectivity index (χ4v) is 2.65. The van der Waals surface area contributed by atoms with Gasteiger partial charge < -0.3 is 4.74 Å². The number of rotatable bonds is 3. The molecule has 0 saturated carbocycles. The molecule has 0 bridgehead atoms. The molecule has 0 N–H and O–H groups in total. The van der Waals surface area contributed by atoms with Crippen LogP contribution in [0.3, 0.4) is 0 Å². The quantitative estimate of drug-likeness (QED) is 0.547. The average Bonchev–Trinajstić information content (AvgIpc) is 3.23. The van der Waals surface area contributed by atoms with Gasteiger partial charge >= 0.3 is 6.18 Å². The highest BCUT2D eigenvalue weighted by atomic mass is 19.4. The van der Waals surface area contributed by atoms with Gasteiger partial charge in [0, 0.05) is 13.1 Å². The van der Waals surface area contributed by atoms with Crippen LogP contribution in [0.1, 0.15) is 5.56 Å². The fraction of sp³-hybridized carbons (Fsp3) is 0.188. The Morgan fingerprint density at radius 2 is 1.85 bits per heavy atom. The highest BCUT2D eigenvalue weighted by Crippen LogP contribution is 2.33. The van der Waals surface area contributed by atoms with Crippen molar-refractivity contribution in [2.24, 2.45) is 7.05 Å². The summed E-state index contributed by atoms with van der Waals surface area (Å²) >= 11 is 0. The maximum Gasteiger partial charge on any atom is 0.416 e. The zero-order chi connectivity index (χ0) is 19.2. The molecular weight excluding hydrogens is 363 g/mol. The molecule has 3 aromatic heterocycles. The third-order valence-corrected chi connectivity index (χ3v) is 3.88. The molecule has 0 saturated heterocycles. The first-order valence-electron chi connectivity index (χ1n) is 7.71. The molecule has 0 atom stereocenters. The molecule has 0 aliphatic rings. The Morgan fingerprint density at radius 1 is 1.04 bits per heavy atom. The van der Waals surface area contributed by atoms with E-state index in [9.17, 15) is 13.2 Å². The first-order chi connectivity index (χ1) is 12.9. The van der Waals surface area contributed by atoms with Crippen molar-refractivity contribution in [1.29, 1.82) is 0 Å². The van der Waals surface area contributed by atoms with Gasteiger partial charge in [0.2, 0.25) is 5.88 Å². The largest absolute Gasteiger partial charge is 0.480 e. The molecule has 0 aliphatic heterocycles. The van der Waals surface area contributed by atoms with Crippen LogP contribution in [0, 0.1) is 0 Å². The van der Waals surface area contributed by atoms with E-state index in [4.69, 9.17) is 4.74 Å². The maximum absolute atomic E-state index is 13.1. The third kappa shape index (κ3) is 2.96. The van der Waals surface area contributed by atoms with Crippen molar-refractivity contribution >= 4 is 11.0 Å². The number of alkyl halides is 3. The third-order valence-electron chi connectivity index (χ3n) is 3.88. The van der Waals surface area contributed by atoms with E-state index >= 15 is 0 Å². The number of ether oxygens (including phenoxy) is 1. The molecule has 0 radical (unpaired) electrons. The smallest absolute Gasteiger partial charge is 0.416 e. The zero-order valence-electron chi connectivity index (χ0n) is 14.1. The van der Waals surface area contributed by atoms with Crippen molar-refractivity contribution in [1.82, 2.24) is 34.7 Å². The summed E-state index contributed by atoms with van der Waals surface area (Å²) in [5, 5.41) is 15.9. The Morgan fingerprint density at radius 3 is 2.44 bits per heavy atom. The first kappa shape index (κ1) is 16.9. The number of hydrogen-bond donors (Lipinski definition) is 0. The Kier molecular flexibility index (Phi) is 3.79. The van der Waals surface area contributed by atoms with Gasteiger partial charge in [-0.2, -0.15) is 13.2 Å². The normalized spacial score (nSPS) is 11.9. The second-order valence-electron chi connectivity index (χ2n) is 5.68. The number of benzene rings is 1. The van der Waals surface area contributed by atoms with Gasteiger partial charge in [-0.05, 0) is 24.3 Å². The molecule has 1 aromatic carbocycles. The van der Waals surface area contributed by atoms with E-state index in [1.165, 1.54) is 17.9 Å². The second kappa shape index (κ2) is 6.04. The van der Waals surface area contributed by atoms with Crippen LogP contribution < -0.4 is 4.74 Å².